The summed E-state index contributed by atoms with van der Waals surface area (Å²) in [6.45, 7) is 3.45. The van der Waals surface area contributed by atoms with Gasteiger partial charge in [-0.2, -0.15) is 0 Å². The Labute approximate surface area is 187 Å². The molecule has 0 fully saturated rings. The number of methoxy groups -OCH3 is 1. The number of benzene rings is 2. The fourth-order valence-electron chi connectivity index (χ4n) is 3.83. The Morgan fingerprint density at radius 2 is 1.72 bits per heavy atom. The van der Waals surface area contributed by atoms with Crippen molar-refractivity contribution >= 4 is 34.8 Å². The zero-order valence-electron chi connectivity index (χ0n) is 18.6. The van der Waals surface area contributed by atoms with Crippen LogP contribution in [0.15, 0.2) is 48.5 Å². The van der Waals surface area contributed by atoms with Crippen LogP contribution in [0.3, 0.4) is 0 Å². The second-order valence-corrected chi connectivity index (χ2v) is 7.65. The molecule has 3 rings (SSSR count). The standard InChI is InChI=1S/C24H29N3O5/c1-4-23(29)27-16(2)13-20(19-7-5-6-8-21(19)27)25-17-9-11-18(12-10-17)26-22(28)14-32-15-24(30)31-3/h5-12,16,20,25H,4,13-15H2,1-3H3,(H,26,28)/t16-,20+/m0/s1. The topological polar surface area (TPSA) is 97.0 Å². The molecule has 2 amide bonds. The van der Waals surface area contributed by atoms with Crippen LogP contribution >= 0.6 is 0 Å². The second-order valence-electron chi connectivity index (χ2n) is 7.65. The van der Waals surface area contributed by atoms with E-state index in [0.717, 1.165) is 23.4 Å². The molecule has 2 aromatic rings. The van der Waals surface area contributed by atoms with Crippen LogP contribution in [-0.2, 0) is 23.9 Å². The highest BCUT2D eigenvalue weighted by molar-refractivity contribution is 5.95. The molecule has 8 heteroatoms. The average Bonchev–Trinajstić information content (AvgIpc) is 2.80. The van der Waals surface area contributed by atoms with Crippen molar-refractivity contribution in [1.82, 2.24) is 0 Å². The molecule has 2 N–H and O–H groups in total. The summed E-state index contributed by atoms with van der Waals surface area (Å²) in [5.41, 5.74) is 3.57. The number of carbonyl (C=O) groups excluding carboxylic acids is 3. The molecule has 1 heterocycles. The SMILES string of the molecule is CCC(=O)N1c2ccccc2[C@H](Nc2ccc(NC(=O)COCC(=O)OC)cc2)C[C@@H]1C. The molecule has 2 aromatic carbocycles. The van der Waals surface area contributed by atoms with Crippen LogP contribution in [0.25, 0.3) is 0 Å². The van der Waals surface area contributed by atoms with Crippen molar-refractivity contribution in [2.75, 3.05) is 35.9 Å². The Kier molecular flexibility index (Phi) is 7.83. The van der Waals surface area contributed by atoms with Crippen molar-refractivity contribution in [3.63, 3.8) is 0 Å². The van der Waals surface area contributed by atoms with Gasteiger partial charge in [-0.25, -0.2) is 4.79 Å². The summed E-state index contributed by atoms with van der Waals surface area (Å²) in [5.74, 6) is -0.765. The molecule has 0 aliphatic carbocycles. The van der Waals surface area contributed by atoms with Gasteiger partial charge in [0.25, 0.3) is 0 Å². The Morgan fingerprint density at radius 1 is 1.03 bits per heavy atom. The van der Waals surface area contributed by atoms with Gasteiger partial charge in [0.05, 0.1) is 13.2 Å². The number of hydrogen-bond acceptors (Lipinski definition) is 6. The lowest BCUT2D eigenvalue weighted by Crippen LogP contribution is -2.44. The van der Waals surface area contributed by atoms with Gasteiger partial charge in [0.15, 0.2) is 0 Å². The Balaban J connectivity index is 1.63. The maximum atomic E-state index is 12.5. The first kappa shape index (κ1) is 23.3. The van der Waals surface area contributed by atoms with E-state index < -0.39 is 5.97 Å². The van der Waals surface area contributed by atoms with Crippen molar-refractivity contribution in [3.05, 3.63) is 54.1 Å². The number of rotatable bonds is 8. The van der Waals surface area contributed by atoms with Crippen LogP contribution in [0.1, 0.15) is 38.3 Å². The third kappa shape index (κ3) is 5.64. The van der Waals surface area contributed by atoms with Crippen LogP contribution in [0.5, 0.6) is 0 Å². The summed E-state index contributed by atoms with van der Waals surface area (Å²) in [4.78, 5) is 37.3. The van der Waals surface area contributed by atoms with Crippen LogP contribution in [-0.4, -0.2) is 44.1 Å². The van der Waals surface area contributed by atoms with E-state index in [1.54, 1.807) is 12.1 Å². The number of carbonyl (C=O) groups is 3. The van der Waals surface area contributed by atoms with Crippen LogP contribution in [0.2, 0.25) is 0 Å². The van der Waals surface area contributed by atoms with Gasteiger partial charge in [0.1, 0.15) is 13.2 Å². The molecule has 0 saturated carbocycles. The van der Waals surface area contributed by atoms with Gasteiger partial charge in [0.2, 0.25) is 11.8 Å². The normalized spacial score (nSPS) is 17.3. The number of nitrogens with zero attached hydrogens (tertiary/aromatic N) is 1. The summed E-state index contributed by atoms with van der Waals surface area (Å²) in [6.07, 6.45) is 1.26. The smallest absolute Gasteiger partial charge is 0.331 e. The molecule has 2 atom stereocenters. The number of ether oxygens (including phenoxy) is 2. The predicted molar refractivity (Wildman–Crippen MR) is 123 cm³/mol. The fraction of sp³-hybridized carbons (Fsp3) is 0.375. The first-order valence-electron chi connectivity index (χ1n) is 10.6. The molecular weight excluding hydrogens is 410 g/mol. The minimum Gasteiger partial charge on any atom is -0.467 e. The lowest BCUT2D eigenvalue weighted by molar-refractivity contribution is -0.146. The number of esters is 1. The quantitative estimate of drug-likeness (QED) is 0.611. The number of para-hydroxylation sites is 1. The van der Waals surface area contributed by atoms with Gasteiger partial charge in [-0.3, -0.25) is 9.59 Å². The van der Waals surface area contributed by atoms with E-state index in [9.17, 15) is 14.4 Å². The molecule has 32 heavy (non-hydrogen) atoms. The summed E-state index contributed by atoms with van der Waals surface area (Å²) in [7, 11) is 1.26. The van der Waals surface area contributed by atoms with E-state index in [2.05, 4.69) is 28.4 Å². The van der Waals surface area contributed by atoms with E-state index in [0.29, 0.717) is 12.1 Å². The molecular formula is C24H29N3O5. The van der Waals surface area contributed by atoms with E-state index in [1.165, 1.54) is 7.11 Å². The highest BCUT2D eigenvalue weighted by atomic mass is 16.6. The monoisotopic (exact) mass is 439 g/mol. The maximum Gasteiger partial charge on any atom is 0.331 e. The van der Waals surface area contributed by atoms with Gasteiger partial charge in [-0.05, 0) is 49.2 Å². The number of amides is 2. The largest absolute Gasteiger partial charge is 0.467 e. The van der Waals surface area contributed by atoms with Crippen molar-refractivity contribution in [3.8, 4) is 0 Å². The number of hydrogen-bond donors (Lipinski definition) is 2. The minimum absolute atomic E-state index is 0.0641. The molecule has 0 unspecified atom stereocenters. The molecule has 0 bridgehead atoms. The number of nitrogens with one attached hydrogen (secondary N) is 2. The van der Waals surface area contributed by atoms with E-state index in [-0.39, 0.29) is 37.1 Å². The summed E-state index contributed by atoms with van der Waals surface area (Å²) in [5, 5.41) is 6.28. The Morgan fingerprint density at radius 3 is 2.41 bits per heavy atom. The van der Waals surface area contributed by atoms with Crippen molar-refractivity contribution in [1.29, 1.82) is 0 Å². The van der Waals surface area contributed by atoms with E-state index in [1.807, 2.05) is 42.2 Å². The Bertz CT molecular complexity index is 960. The molecule has 1 aliphatic rings. The third-order valence-corrected chi connectivity index (χ3v) is 5.35. The summed E-state index contributed by atoms with van der Waals surface area (Å²) < 4.78 is 9.45. The molecule has 0 radical (unpaired) electrons. The molecule has 0 aromatic heterocycles. The lowest BCUT2D eigenvalue weighted by Gasteiger charge is -2.40. The zero-order chi connectivity index (χ0) is 23.1. The van der Waals surface area contributed by atoms with E-state index >= 15 is 0 Å². The first-order valence-corrected chi connectivity index (χ1v) is 10.6. The van der Waals surface area contributed by atoms with Crippen molar-refractivity contribution in [2.45, 2.75) is 38.8 Å². The minimum atomic E-state index is -0.533. The maximum absolute atomic E-state index is 12.5. The number of fused-ring (bicyclic) bond motifs is 1. The lowest BCUT2D eigenvalue weighted by atomic mass is 9.91. The van der Waals surface area contributed by atoms with Gasteiger partial charge >= 0.3 is 5.97 Å². The highest BCUT2D eigenvalue weighted by Gasteiger charge is 2.32. The molecule has 0 saturated heterocycles. The van der Waals surface area contributed by atoms with E-state index in [4.69, 9.17) is 4.74 Å². The van der Waals surface area contributed by atoms with Gasteiger partial charge < -0.3 is 25.0 Å². The van der Waals surface area contributed by atoms with Crippen LogP contribution in [0, 0.1) is 0 Å². The predicted octanol–water partition coefficient (Wildman–Crippen LogP) is 3.50. The second kappa shape index (κ2) is 10.8. The highest BCUT2D eigenvalue weighted by Crippen LogP contribution is 2.39. The van der Waals surface area contributed by atoms with Crippen molar-refractivity contribution < 1.29 is 23.9 Å². The molecule has 170 valence electrons. The van der Waals surface area contributed by atoms with Crippen molar-refractivity contribution in [2.24, 2.45) is 0 Å². The molecule has 0 spiro atoms. The number of anilines is 3. The fourth-order valence-corrected chi connectivity index (χ4v) is 3.83. The molecule has 1 aliphatic heterocycles. The van der Waals surface area contributed by atoms with Gasteiger partial charge in [0, 0.05) is 29.5 Å². The Hall–Kier alpha value is -3.39. The summed E-state index contributed by atoms with van der Waals surface area (Å²) >= 11 is 0. The van der Waals surface area contributed by atoms with Crippen LogP contribution < -0.4 is 15.5 Å². The van der Waals surface area contributed by atoms with Crippen LogP contribution in [0.4, 0.5) is 17.1 Å². The first-order chi connectivity index (χ1) is 15.4. The summed E-state index contributed by atoms with van der Waals surface area (Å²) in [6, 6.07) is 15.5. The van der Waals surface area contributed by atoms with Gasteiger partial charge in [-0.1, -0.05) is 25.1 Å². The zero-order valence-corrected chi connectivity index (χ0v) is 18.6. The average molecular weight is 440 g/mol. The van der Waals surface area contributed by atoms with Gasteiger partial charge in [-0.15, -0.1) is 0 Å². The third-order valence-electron chi connectivity index (χ3n) is 5.35. The molecule has 8 nitrogen and oxygen atoms in total.